The van der Waals surface area contributed by atoms with Crippen molar-refractivity contribution in [1.82, 2.24) is 14.8 Å². The number of hydrogen-bond acceptors (Lipinski definition) is 2. The van der Waals surface area contributed by atoms with Crippen LogP contribution < -0.4 is 0 Å². The minimum Gasteiger partial charge on any atom is -0.361 e. The van der Waals surface area contributed by atoms with E-state index in [4.69, 9.17) is 0 Å². The van der Waals surface area contributed by atoms with Crippen molar-refractivity contribution in [2.45, 2.75) is 30.8 Å². The van der Waals surface area contributed by atoms with Crippen molar-refractivity contribution >= 4 is 16.8 Å². The fourth-order valence-corrected chi connectivity index (χ4v) is 6.00. The van der Waals surface area contributed by atoms with Crippen molar-refractivity contribution in [1.29, 1.82) is 0 Å². The number of nitrogens with zero attached hydrogens (tertiary/aromatic N) is 2. The zero-order valence-corrected chi connectivity index (χ0v) is 15.9. The van der Waals surface area contributed by atoms with Crippen molar-refractivity contribution in [3.05, 3.63) is 71.9 Å². The Morgan fingerprint density at radius 3 is 2.61 bits per heavy atom. The van der Waals surface area contributed by atoms with Crippen LogP contribution in [0.25, 0.3) is 10.9 Å². The third-order valence-electron chi connectivity index (χ3n) is 7.28. The lowest BCUT2D eigenvalue weighted by Crippen LogP contribution is -2.60. The highest BCUT2D eigenvalue weighted by atomic mass is 16.2. The normalized spacial score (nSPS) is 31.3. The number of H-pyrrole nitrogens is 1. The fourth-order valence-electron chi connectivity index (χ4n) is 6.00. The molecular weight excluding hydrogens is 346 g/mol. The lowest BCUT2D eigenvalue weighted by atomic mass is 9.75. The van der Waals surface area contributed by atoms with Gasteiger partial charge in [-0.2, -0.15) is 0 Å². The number of rotatable bonds is 2. The van der Waals surface area contributed by atoms with Gasteiger partial charge in [0.2, 0.25) is 0 Å². The minimum atomic E-state index is 0.199. The molecule has 2 aromatic carbocycles. The van der Waals surface area contributed by atoms with Crippen LogP contribution >= 0.6 is 0 Å². The Labute approximate surface area is 165 Å². The summed E-state index contributed by atoms with van der Waals surface area (Å²) < 4.78 is 0. The predicted molar refractivity (Wildman–Crippen MR) is 110 cm³/mol. The summed E-state index contributed by atoms with van der Waals surface area (Å²) in [5.41, 5.74) is 3.28. The summed E-state index contributed by atoms with van der Waals surface area (Å²) in [5.74, 6) is 1.25. The van der Waals surface area contributed by atoms with E-state index in [1.807, 2.05) is 30.5 Å². The van der Waals surface area contributed by atoms with Crippen molar-refractivity contribution in [2.75, 3.05) is 19.6 Å². The number of aromatic nitrogens is 1. The highest BCUT2D eigenvalue weighted by Gasteiger charge is 2.54. The smallest absolute Gasteiger partial charge is 0.254 e. The van der Waals surface area contributed by atoms with Crippen molar-refractivity contribution in [2.24, 2.45) is 5.92 Å². The third-order valence-corrected chi connectivity index (χ3v) is 7.28. The Hall–Kier alpha value is -2.59. The summed E-state index contributed by atoms with van der Waals surface area (Å²) in [6, 6.07) is 19.7. The Kier molecular flexibility index (Phi) is 3.63. The van der Waals surface area contributed by atoms with Crippen LogP contribution in [-0.4, -0.2) is 52.4 Å². The molecule has 0 saturated carbocycles. The second-order valence-electron chi connectivity index (χ2n) is 8.61. The largest absolute Gasteiger partial charge is 0.361 e. The van der Waals surface area contributed by atoms with E-state index in [0.717, 1.165) is 23.0 Å². The maximum Gasteiger partial charge on any atom is 0.254 e. The number of likely N-dealkylation sites (tertiary alicyclic amines) is 1. The Morgan fingerprint density at radius 2 is 1.79 bits per heavy atom. The number of hydrogen-bond donors (Lipinski definition) is 1. The van der Waals surface area contributed by atoms with Crippen LogP contribution in [0.15, 0.2) is 60.8 Å². The van der Waals surface area contributed by atoms with Gasteiger partial charge in [0, 0.05) is 41.2 Å². The third kappa shape index (κ3) is 2.37. The maximum absolute atomic E-state index is 13.6. The summed E-state index contributed by atoms with van der Waals surface area (Å²) in [4.78, 5) is 21.7. The molecule has 1 N–H and O–H groups in total. The SMILES string of the molecule is O=C(c1ccc2[nH]ccc2c1)N1C[C@@H](c2ccccc2)[C@@H]2[C@H]1C1CCN2CC1. The van der Waals surface area contributed by atoms with Gasteiger partial charge in [0.15, 0.2) is 0 Å². The topological polar surface area (TPSA) is 39.3 Å². The van der Waals surface area contributed by atoms with Gasteiger partial charge in [0.1, 0.15) is 0 Å². The van der Waals surface area contributed by atoms with E-state index in [-0.39, 0.29) is 5.91 Å². The van der Waals surface area contributed by atoms with Crippen molar-refractivity contribution in [3.8, 4) is 0 Å². The zero-order chi connectivity index (χ0) is 18.7. The molecule has 4 heteroatoms. The van der Waals surface area contributed by atoms with E-state index >= 15 is 0 Å². The van der Waals surface area contributed by atoms with Gasteiger partial charge in [-0.25, -0.2) is 0 Å². The molecule has 1 aromatic heterocycles. The summed E-state index contributed by atoms with van der Waals surface area (Å²) in [7, 11) is 0. The molecule has 4 aliphatic heterocycles. The average molecular weight is 371 g/mol. The van der Waals surface area contributed by atoms with E-state index in [2.05, 4.69) is 45.1 Å². The van der Waals surface area contributed by atoms with Gasteiger partial charge in [0.05, 0.1) is 6.04 Å². The second kappa shape index (κ2) is 6.21. The molecule has 2 bridgehead atoms. The molecule has 0 unspecified atom stereocenters. The lowest BCUT2D eigenvalue weighted by Gasteiger charge is -2.51. The fraction of sp³-hybridized carbons (Fsp3) is 0.375. The first-order chi connectivity index (χ1) is 13.8. The highest BCUT2D eigenvalue weighted by molar-refractivity contribution is 5.98. The van der Waals surface area contributed by atoms with E-state index in [1.165, 1.54) is 31.5 Å². The Bertz CT molecular complexity index is 1020. The standard InChI is InChI=1S/C24H25N3O/c28-24(19-6-7-21-18(14-19)8-11-25-21)27-15-20(16-4-2-1-3-5-16)23-22(27)17-9-12-26(23)13-10-17/h1-8,11,14,17,20,22-23,25H,9-10,12-13,15H2/t20-,22+,23+/m0/s1. The quantitative estimate of drug-likeness (QED) is 0.743. The van der Waals surface area contributed by atoms with E-state index in [9.17, 15) is 4.79 Å². The van der Waals surface area contributed by atoms with E-state index < -0.39 is 0 Å². The van der Waals surface area contributed by atoms with E-state index in [1.54, 1.807) is 0 Å². The number of benzene rings is 2. The first-order valence-corrected chi connectivity index (χ1v) is 10.5. The second-order valence-corrected chi connectivity index (χ2v) is 8.61. The molecule has 4 fully saturated rings. The number of aromatic amines is 1. The number of carbonyl (C=O) groups excluding carboxylic acids is 1. The van der Waals surface area contributed by atoms with Crippen LogP contribution in [-0.2, 0) is 0 Å². The number of fused-ring (bicyclic) bond motifs is 3. The van der Waals surface area contributed by atoms with Crippen LogP contribution in [0, 0.1) is 5.92 Å². The van der Waals surface area contributed by atoms with Crippen molar-refractivity contribution < 1.29 is 4.79 Å². The van der Waals surface area contributed by atoms with Gasteiger partial charge in [-0.15, -0.1) is 0 Å². The maximum atomic E-state index is 13.6. The first kappa shape index (κ1) is 16.4. The molecule has 4 nitrogen and oxygen atoms in total. The molecule has 4 saturated heterocycles. The molecule has 7 rings (SSSR count). The van der Waals surface area contributed by atoms with E-state index in [0.29, 0.717) is 23.9 Å². The Balaban J connectivity index is 1.39. The van der Waals surface area contributed by atoms with Crippen molar-refractivity contribution in [3.63, 3.8) is 0 Å². The van der Waals surface area contributed by atoms with Gasteiger partial charge in [-0.3, -0.25) is 9.69 Å². The summed E-state index contributed by atoms with van der Waals surface area (Å²) in [6.45, 7) is 3.20. The first-order valence-electron chi connectivity index (χ1n) is 10.5. The molecule has 4 aliphatic rings. The molecule has 3 aromatic rings. The molecule has 1 amide bonds. The highest BCUT2D eigenvalue weighted by Crippen LogP contribution is 2.46. The van der Waals surface area contributed by atoms with Gasteiger partial charge in [0.25, 0.3) is 5.91 Å². The number of nitrogens with one attached hydrogen (secondary N) is 1. The van der Waals surface area contributed by atoms with Crippen LogP contribution in [0.3, 0.4) is 0 Å². The minimum absolute atomic E-state index is 0.199. The van der Waals surface area contributed by atoms with Crippen LogP contribution in [0.2, 0.25) is 0 Å². The number of piperidine rings is 3. The summed E-state index contributed by atoms with van der Waals surface area (Å²) in [5, 5.41) is 1.11. The van der Waals surface area contributed by atoms with Gasteiger partial charge in [-0.1, -0.05) is 30.3 Å². The molecule has 5 heterocycles. The molecule has 0 radical (unpaired) electrons. The zero-order valence-electron chi connectivity index (χ0n) is 15.9. The molecule has 28 heavy (non-hydrogen) atoms. The van der Waals surface area contributed by atoms with Gasteiger partial charge >= 0.3 is 0 Å². The summed E-state index contributed by atoms with van der Waals surface area (Å²) in [6.07, 6.45) is 4.39. The molecule has 142 valence electrons. The van der Waals surface area contributed by atoms with Crippen LogP contribution in [0.1, 0.15) is 34.7 Å². The molecular formula is C24H25N3O. The lowest BCUT2D eigenvalue weighted by molar-refractivity contribution is -0.00340. The predicted octanol–water partition coefficient (Wildman–Crippen LogP) is 3.87. The van der Waals surface area contributed by atoms with Gasteiger partial charge < -0.3 is 9.88 Å². The Morgan fingerprint density at radius 1 is 0.964 bits per heavy atom. The summed E-state index contributed by atoms with van der Waals surface area (Å²) >= 11 is 0. The number of amides is 1. The van der Waals surface area contributed by atoms with Crippen LogP contribution in [0.5, 0.6) is 0 Å². The monoisotopic (exact) mass is 371 g/mol. The molecule has 0 aliphatic carbocycles. The number of carbonyl (C=O) groups is 1. The van der Waals surface area contributed by atoms with Gasteiger partial charge in [-0.05, 0) is 61.7 Å². The average Bonchev–Trinajstić information content (AvgIpc) is 3.40. The van der Waals surface area contributed by atoms with Crippen LogP contribution in [0.4, 0.5) is 0 Å². The molecule has 3 atom stereocenters. The molecule has 0 spiro atoms.